The highest BCUT2D eigenvalue weighted by Gasteiger charge is 2.24. The van der Waals surface area contributed by atoms with Gasteiger partial charge in [-0.2, -0.15) is 0 Å². The number of nitrogens with one attached hydrogen (secondary N) is 1. The SMILES string of the molecule is COc1ccc(S(=O)(=O)NCC(C)(C)c2ccc(F)cc2)cc1C. The predicted octanol–water partition coefficient (Wildman–Crippen LogP) is 3.40. The van der Waals surface area contributed by atoms with Crippen molar-refractivity contribution in [2.45, 2.75) is 31.1 Å². The Labute approximate surface area is 142 Å². The minimum atomic E-state index is -3.64. The summed E-state index contributed by atoms with van der Waals surface area (Å²) in [5, 5.41) is 0. The number of methoxy groups -OCH3 is 1. The van der Waals surface area contributed by atoms with Crippen LogP contribution in [0.5, 0.6) is 5.75 Å². The van der Waals surface area contributed by atoms with Crippen LogP contribution in [0.25, 0.3) is 0 Å². The summed E-state index contributed by atoms with van der Waals surface area (Å²) in [5.41, 5.74) is 1.14. The highest BCUT2D eigenvalue weighted by atomic mass is 32.2. The predicted molar refractivity (Wildman–Crippen MR) is 92.3 cm³/mol. The summed E-state index contributed by atoms with van der Waals surface area (Å²) < 4.78 is 45.8. The van der Waals surface area contributed by atoms with E-state index in [0.717, 1.165) is 11.1 Å². The van der Waals surface area contributed by atoms with Gasteiger partial charge < -0.3 is 4.74 Å². The van der Waals surface area contributed by atoms with Crippen LogP contribution >= 0.6 is 0 Å². The maximum atomic E-state index is 13.0. The van der Waals surface area contributed by atoms with Crippen molar-refractivity contribution in [3.8, 4) is 5.75 Å². The van der Waals surface area contributed by atoms with Gasteiger partial charge in [-0.1, -0.05) is 26.0 Å². The summed E-state index contributed by atoms with van der Waals surface area (Å²) in [5.74, 6) is 0.324. The Morgan fingerprint density at radius 1 is 1.12 bits per heavy atom. The Bertz CT molecular complexity index is 815. The summed E-state index contributed by atoms with van der Waals surface area (Å²) >= 11 is 0. The molecule has 0 fully saturated rings. The summed E-state index contributed by atoms with van der Waals surface area (Å²) in [4.78, 5) is 0.190. The van der Waals surface area contributed by atoms with E-state index in [9.17, 15) is 12.8 Å². The number of aryl methyl sites for hydroxylation is 1. The van der Waals surface area contributed by atoms with Crippen molar-refractivity contribution in [2.75, 3.05) is 13.7 Å². The quantitative estimate of drug-likeness (QED) is 0.868. The standard InChI is InChI=1S/C18H22FNO3S/c1-13-11-16(9-10-17(13)23-4)24(21,22)20-12-18(2,3)14-5-7-15(19)8-6-14/h5-11,20H,12H2,1-4H3. The summed E-state index contributed by atoms with van der Waals surface area (Å²) in [7, 11) is -2.10. The molecule has 0 aliphatic carbocycles. The average Bonchev–Trinajstić information content (AvgIpc) is 2.53. The molecule has 0 saturated heterocycles. The van der Waals surface area contributed by atoms with Crippen LogP contribution in [0.2, 0.25) is 0 Å². The Balaban J connectivity index is 2.17. The zero-order valence-corrected chi connectivity index (χ0v) is 15.1. The molecule has 0 amide bonds. The Hall–Kier alpha value is -1.92. The van der Waals surface area contributed by atoms with Crippen molar-refractivity contribution < 1.29 is 17.5 Å². The first kappa shape index (κ1) is 18.4. The first-order valence-electron chi connectivity index (χ1n) is 7.56. The molecule has 0 radical (unpaired) electrons. The molecule has 6 heteroatoms. The van der Waals surface area contributed by atoms with Crippen molar-refractivity contribution in [3.05, 3.63) is 59.4 Å². The fraction of sp³-hybridized carbons (Fsp3) is 0.333. The Morgan fingerprint density at radius 2 is 1.75 bits per heavy atom. The van der Waals surface area contributed by atoms with Gasteiger partial charge in [-0.05, 0) is 48.4 Å². The zero-order valence-electron chi connectivity index (χ0n) is 14.3. The average molecular weight is 351 g/mol. The van der Waals surface area contributed by atoms with Gasteiger partial charge in [-0.25, -0.2) is 17.5 Å². The molecule has 0 heterocycles. The second-order valence-electron chi connectivity index (χ2n) is 6.35. The zero-order chi connectivity index (χ0) is 18.0. The highest BCUT2D eigenvalue weighted by Crippen LogP contribution is 2.25. The molecule has 0 saturated carbocycles. The van der Waals surface area contributed by atoms with Crippen LogP contribution in [0.4, 0.5) is 4.39 Å². The molecule has 2 aromatic rings. The van der Waals surface area contributed by atoms with Gasteiger partial charge in [0, 0.05) is 12.0 Å². The monoisotopic (exact) mass is 351 g/mol. The van der Waals surface area contributed by atoms with Crippen LogP contribution in [-0.2, 0) is 15.4 Å². The molecule has 0 aliphatic rings. The van der Waals surface area contributed by atoms with E-state index in [1.807, 2.05) is 13.8 Å². The van der Waals surface area contributed by atoms with E-state index in [0.29, 0.717) is 5.75 Å². The van der Waals surface area contributed by atoms with E-state index in [1.54, 1.807) is 38.3 Å². The van der Waals surface area contributed by atoms with Crippen molar-refractivity contribution in [1.82, 2.24) is 4.72 Å². The molecule has 0 bridgehead atoms. The molecule has 0 aliphatic heterocycles. The maximum Gasteiger partial charge on any atom is 0.240 e. The normalized spacial score (nSPS) is 12.2. The number of benzene rings is 2. The molecule has 2 rings (SSSR count). The molecule has 24 heavy (non-hydrogen) atoms. The number of rotatable bonds is 6. The Kier molecular flexibility index (Phi) is 5.30. The second-order valence-corrected chi connectivity index (χ2v) is 8.11. The number of sulfonamides is 1. The lowest BCUT2D eigenvalue weighted by molar-refractivity contribution is 0.411. The fourth-order valence-electron chi connectivity index (χ4n) is 2.38. The largest absolute Gasteiger partial charge is 0.496 e. The number of ether oxygens (including phenoxy) is 1. The lowest BCUT2D eigenvalue weighted by atomic mass is 9.85. The molecule has 0 unspecified atom stereocenters. The molecular formula is C18H22FNO3S. The third-order valence-corrected chi connectivity index (χ3v) is 5.41. The van der Waals surface area contributed by atoms with Crippen LogP contribution < -0.4 is 9.46 Å². The van der Waals surface area contributed by atoms with E-state index in [-0.39, 0.29) is 17.3 Å². The van der Waals surface area contributed by atoms with Gasteiger partial charge in [0.05, 0.1) is 12.0 Å². The number of hydrogen-bond donors (Lipinski definition) is 1. The summed E-state index contributed by atoms with van der Waals surface area (Å²) in [6.07, 6.45) is 0. The smallest absolute Gasteiger partial charge is 0.240 e. The van der Waals surface area contributed by atoms with E-state index >= 15 is 0 Å². The molecule has 2 aromatic carbocycles. The van der Waals surface area contributed by atoms with Gasteiger partial charge in [0.2, 0.25) is 10.0 Å². The molecule has 0 aromatic heterocycles. The maximum absolute atomic E-state index is 13.0. The minimum Gasteiger partial charge on any atom is -0.496 e. The van der Waals surface area contributed by atoms with Crippen molar-refractivity contribution >= 4 is 10.0 Å². The first-order chi connectivity index (χ1) is 11.2. The lowest BCUT2D eigenvalue weighted by Gasteiger charge is -2.25. The Morgan fingerprint density at radius 3 is 2.29 bits per heavy atom. The molecule has 0 spiro atoms. The summed E-state index contributed by atoms with van der Waals surface area (Å²) in [6.45, 7) is 5.80. The van der Waals surface area contributed by atoms with Crippen LogP contribution in [0.15, 0.2) is 47.4 Å². The molecular weight excluding hydrogens is 329 g/mol. The minimum absolute atomic E-state index is 0.190. The van der Waals surface area contributed by atoms with Crippen LogP contribution in [0.3, 0.4) is 0 Å². The second kappa shape index (κ2) is 6.91. The number of hydrogen-bond acceptors (Lipinski definition) is 3. The van der Waals surface area contributed by atoms with E-state index in [4.69, 9.17) is 4.74 Å². The summed E-state index contributed by atoms with van der Waals surface area (Å²) in [6, 6.07) is 10.8. The lowest BCUT2D eigenvalue weighted by Crippen LogP contribution is -2.36. The van der Waals surface area contributed by atoms with E-state index < -0.39 is 15.4 Å². The van der Waals surface area contributed by atoms with Gasteiger partial charge in [-0.3, -0.25) is 0 Å². The van der Waals surface area contributed by atoms with Gasteiger partial charge in [-0.15, -0.1) is 0 Å². The van der Waals surface area contributed by atoms with E-state index in [1.165, 1.54) is 18.2 Å². The molecule has 130 valence electrons. The number of halogens is 1. The van der Waals surface area contributed by atoms with Crippen molar-refractivity contribution in [3.63, 3.8) is 0 Å². The third kappa shape index (κ3) is 4.13. The first-order valence-corrected chi connectivity index (χ1v) is 9.04. The van der Waals surface area contributed by atoms with Crippen molar-refractivity contribution in [2.24, 2.45) is 0 Å². The van der Waals surface area contributed by atoms with Crippen molar-refractivity contribution in [1.29, 1.82) is 0 Å². The van der Waals surface area contributed by atoms with Crippen LogP contribution in [0, 0.1) is 12.7 Å². The third-order valence-electron chi connectivity index (χ3n) is 4.01. The molecule has 4 nitrogen and oxygen atoms in total. The van der Waals surface area contributed by atoms with Gasteiger partial charge in [0.15, 0.2) is 0 Å². The van der Waals surface area contributed by atoms with Crippen LogP contribution in [-0.4, -0.2) is 22.1 Å². The van der Waals surface area contributed by atoms with Crippen LogP contribution in [0.1, 0.15) is 25.0 Å². The van der Waals surface area contributed by atoms with Gasteiger partial charge in [0.1, 0.15) is 11.6 Å². The molecule has 0 atom stereocenters. The van der Waals surface area contributed by atoms with E-state index in [2.05, 4.69) is 4.72 Å². The molecule has 1 N–H and O–H groups in total. The van der Waals surface area contributed by atoms with Gasteiger partial charge in [0.25, 0.3) is 0 Å². The van der Waals surface area contributed by atoms with Gasteiger partial charge >= 0.3 is 0 Å². The topological polar surface area (TPSA) is 55.4 Å². The fourth-order valence-corrected chi connectivity index (χ4v) is 3.68. The highest BCUT2D eigenvalue weighted by molar-refractivity contribution is 7.89.